The van der Waals surface area contributed by atoms with Gasteiger partial charge < -0.3 is 19.7 Å². The van der Waals surface area contributed by atoms with Crippen LogP contribution in [0.3, 0.4) is 0 Å². The maximum atomic E-state index is 11.0. The minimum absolute atomic E-state index is 0.118. The van der Waals surface area contributed by atoms with Crippen LogP contribution in [0.1, 0.15) is 54.4 Å². The van der Waals surface area contributed by atoms with Crippen molar-refractivity contribution in [2.45, 2.75) is 45.0 Å². The Bertz CT molecular complexity index is 893. The number of para-hydroxylation sites is 1. The number of ether oxygens (including phenoxy) is 2. The second kappa shape index (κ2) is 9.44. The Kier molecular flexibility index (Phi) is 6.96. The maximum Gasteiger partial charge on any atom is 0.162 e. The summed E-state index contributed by atoms with van der Waals surface area (Å²) < 4.78 is 12.0. The Labute approximate surface area is 176 Å². The summed E-state index contributed by atoms with van der Waals surface area (Å²) in [7, 11) is 1.62. The Morgan fingerprint density at radius 1 is 1.03 bits per heavy atom. The van der Waals surface area contributed by atoms with Crippen LogP contribution >= 0.6 is 11.3 Å². The van der Waals surface area contributed by atoms with Gasteiger partial charge in [0.05, 0.1) is 24.2 Å². The van der Waals surface area contributed by atoms with Crippen molar-refractivity contribution >= 4 is 11.3 Å². The van der Waals surface area contributed by atoms with E-state index in [9.17, 15) is 10.2 Å². The predicted octanol–water partition coefficient (Wildman–Crippen LogP) is 5.43. The van der Waals surface area contributed by atoms with E-state index in [2.05, 4.69) is 0 Å². The van der Waals surface area contributed by atoms with E-state index in [-0.39, 0.29) is 6.61 Å². The van der Waals surface area contributed by atoms with Gasteiger partial charge in [-0.2, -0.15) is 0 Å². The van der Waals surface area contributed by atoms with E-state index in [0.29, 0.717) is 18.6 Å². The fourth-order valence-electron chi connectivity index (χ4n) is 3.49. The fourth-order valence-corrected chi connectivity index (χ4v) is 4.52. The molecule has 2 N–H and O–H groups in total. The number of hydrogen-bond acceptors (Lipinski definition) is 5. The number of aliphatic hydroxyl groups excluding tert-OH is 1. The van der Waals surface area contributed by atoms with E-state index in [1.807, 2.05) is 73.8 Å². The van der Waals surface area contributed by atoms with Crippen molar-refractivity contribution in [2.24, 2.45) is 0 Å². The number of aliphatic hydroxyl groups is 2. The van der Waals surface area contributed by atoms with Gasteiger partial charge in [0.15, 0.2) is 6.10 Å². The summed E-state index contributed by atoms with van der Waals surface area (Å²) in [5, 5.41) is 22.9. The molecular formula is C24H28O4S. The van der Waals surface area contributed by atoms with Gasteiger partial charge in [-0.15, -0.1) is 11.3 Å². The van der Waals surface area contributed by atoms with Crippen LogP contribution in [0.2, 0.25) is 0 Å². The molecule has 0 amide bonds. The van der Waals surface area contributed by atoms with Gasteiger partial charge in [0.25, 0.3) is 0 Å². The topological polar surface area (TPSA) is 58.9 Å². The first-order valence-corrected chi connectivity index (χ1v) is 10.7. The molecule has 0 aliphatic heterocycles. The van der Waals surface area contributed by atoms with Crippen molar-refractivity contribution in [3.63, 3.8) is 0 Å². The second-order valence-corrected chi connectivity index (χ2v) is 7.92. The Morgan fingerprint density at radius 2 is 1.76 bits per heavy atom. The summed E-state index contributed by atoms with van der Waals surface area (Å²) in [6.07, 6.45) is 0.813. The SMILES string of the molecule is CCC(O)(CC)c1csc(C(Oc2ccccc2)c2c(CO)cccc2OC)c1. The van der Waals surface area contributed by atoms with Crippen LogP contribution < -0.4 is 9.47 Å². The lowest BCUT2D eigenvalue weighted by molar-refractivity contribution is 0.0287. The Balaban J connectivity index is 2.12. The highest BCUT2D eigenvalue weighted by molar-refractivity contribution is 7.10. The van der Waals surface area contributed by atoms with Gasteiger partial charge in [0.1, 0.15) is 11.5 Å². The summed E-state index contributed by atoms with van der Waals surface area (Å²) in [5.41, 5.74) is 1.59. The molecule has 0 saturated heterocycles. The van der Waals surface area contributed by atoms with Crippen LogP contribution in [0.25, 0.3) is 0 Å². The average molecular weight is 413 g/mol. The molecule has 0 fully saturated rings. The molecule has 4 nitrogen and oxygen atoms in total. The van der Waals surface area contributed by atoms with Crippen LogP contribution in [0.15, 0.2) is 60.0 Å². The summed E-state index contributed by atoms with van der Waals surface area (Å²) in [4.78, 5) is 0.948. The quantitative estimate of drug-likeness (QED) is 0.492. The van der Waals surface area contributed by atoms with E-state index in [0.717, 1.165) is 27.3 Å². The van der Waals surface area contributed by atoms with Gasteiger partial charge in [-0.25, -0.2) is 0 Å². The molecule has 5 heteroatoms. The monoisotopic (exact) mass is 412 g/mol. The summed E-state index contributed by atoms with van der Waals surface area (Å²) in [6.45, 7) is 3.86. The van der Waals surface area contributed by atoms with Crippen molar-refractivity contribution in [1.29, 1.82) is 0 Å². The number of benzene rings is 2. The molecule has 1 atom stereocenters. The lowest BCUT2D eigenvalue weighted by Crippen LogP contribution is -2.22. The molecule has 1 unspecified atom stereocenters. The van der Waals surface area contributed by atoms with Gasteiger partial charge in [-0.3, -0.25) is 0 Å². The zero-order valence-electron chi connectivity index (χ0n) is 17.1. The van der Waals surface area contributed by atoms with Crippen molar-refractivity contribution < 1.29 is 19.7 Å². The van der Waals surface area contributed by atoms with Crippen molar-refractivity contribution in [3.05, 3.63) is 81.5 Å². The number of hydrogen-bond donors (Lipinski definition) is 2. The average Bonchev–Trinajstić information content (AvgIpc) is 3.27. The number of methoxy groups -OCH3 is 1. The maximum absolute atomic E-state index is 11.0. The normalized spacial score (nSPS) is 12.6. The van der Waals surface area contributed by atoms with E-state index in [1.54, 1.807) is 18.4 Å². The highest BCUT2D eigenvalue weighted by atomic mass is 32.1. The molecule has 0 spiro atoms. The third-order valence-electron chi connectivity index (χ3n) is 5.39. The van der Waals surface area contributed by atoms with Gasteiger partial charge >= 0.3 is 0 Å². The molecule has 0 radical (unpaired) electrons. The van der Waals surface area contributed by atoms with Crippen LogP contribution in [-0.2, 0) is 12.2 Å². The van der Waals surface area contributed by atoms with Crippen molar-refractivity contribution in [1.82, 2.24) is 0 Å². The smallest absolute Gasteiger partial charge is 0.162 e. The van der Waals surface area contributed by atoms with Crippen LogP contribution in [0.4, 0.5) is 0 Å². The molecular weight excluding hydrogens is 384 g/mol. The molecule has 3 rings (SSSR count). The minimum atomic E-state index is -0.855. The van der Waals surface area contributed by atoms with Gasteiger partial charge in [-0.05, 0) is 53.6 Å². The zero-order valence-corrected chi connectivity index (χ0v) is 17.9. The molecule has 0 aliphatic carbocycles. The second-order valence-electron chi connectivity index (χ2n) is 6.98. The highest BCUT2D eigenvalue weighted by Gasteiger charge is 2.30. The zero-order chi connectivity index (χ0) is 20.9. The van der Waals surface area contributed by atoms with Crippen molar-refractivity contribution in [2.75, 3.05) is 7.11 Å². The van der Waals surface area contributed by atoms with Gasteiger partial charge in [-0.1, -0.05) is 44.2 Å². The van der Waals surface area contributed by atoms with Gasteiger partial charge in [0, 0.05) is 5.56 Å². The van der Waals surface area contributed by atoms with Crippen molar-refractivity contribution in [3.8, 4) is 11.5 Å². The van der Waals surface area contributed by atoms with Gasteiger partial charge in [0.2, 0.25) is 0 Å². The largest absolute Gasteiger partial charge is 0.496 e. The lowest BCUT2D eigenvalue weighted by atomic mass is 9.90. The van der Waals surface area contributed by atoms with E-state index < -0.39 is 11.7 Å². The lowest BCUT2D eigenvalue weighted by Gasteiger charge is -2.25. The predicted molar refractivity (Wildman–Crippen MR) is 117 cm³/mol. The Hall–Kier alpha value is -2.34. The third-order valence-corrected chi connectivity index (χ3v) is 6.37. The minimum Gasteiger partial charge on any atom is -0.496 e. The fraction of sp³-hybridized carbons (Fsp3) is 0.333. The molecule has 2 aromatic carbocycles. The molecule has 0 bridgehead atoms. The molecule has 0 saturated carbocycles. The molecule has 0 aliphatic rings. The standard InChI is InChI=1S/C24H28O4S/c1-4-24(26,5-2)18-14-21(29-16-18)23(28-19-11-7-6-8-12-19)22-17(15-25)10-9-13-20(22)27-3/h6-14,16,23,25-26H,4-5,15H2,1-3H3. The first-order chi connectivity index (χ1) is 14.1. The first kappa shape index (κ1) is 21.4. The highest BCUT2D eigenvalue weighted by Crippen LogP contribution is 2.41. The molecule has 1 aromatic heterocycles. The molecule has 1 heterocycles. The number of thiophene rings is 1. The van der Waals surface area contributed by atoms with Crippen LogP contribution in [0.5, 0.6) is 11.5 Å². The molecule has 154 valence electrons. The summed E-state index contributed by atoms with van der Waals surface area (Å²) >= 11 is 1.55. The summed E-state index contributed by atoms with van der Waals surface area (Å²) in [5.74, 6) is 1.39. The summed E-state index contributed by atoms with van der Waals surface area (Å²) in [6, 6.07) is 17.2. The third kappa shape index (κ3) is 4.47. The van der Waals surface area contributed by atoms with Crippen LogP contribution in [0, 0.1) is 0 Å². The van der Waals surface area contributed by atoms with E-state index in [1.165, 1.54) is 0 Å². The molecule has 3 aromatic rings. The first-order valence-electron chi connectivity index (χ1n) is 9.85. The molecule has 29 heavy (non-hydrogen) atoms. The van der Waals surface area contributed by atoms with E-state index in [4.69, 9.17) is 9.47 Å². The van der Waals surface area contributed by atoms with Crippen LogP contribution in [-0.4, -0.2) is 17.3 Å². The Morgan fingerprint density at radius 3 is 2.38 bits per heavy atom. The number of rotatable bonds is 9. The van der Waals surface area contributed by atoms with E-state index >= 15 is 0 Å².